The first-order chi connectivity index (χ1) is 16.2. The Morgan fingerprint density at radius 3 is 1.52 bits per heavy atom. The third kappa shape index (κ3) is 6.81. The Balaban J connectivity index is 1.24. The molecule has 0 radical (unpaired) electrons. The Labute approximate surface area is 193 Å². The summed E-state index contributed by atoms with van der Waals surface area (Å²) in [5.74, 6) is 1.30. The van der Waals surface area contributed by atoms with Crippen LogP contribution in [0.15, 0.2) is 48.8 Å². The Morgan fingerprint density at radius 2 is 1.15 bits per heavy atom. The molecule has 0 bridgehead atoms. The Kier molecular flexibility index (Phi) is 7.94. The van der Waals surface area contributed by atoms with E-state index in [0.717, 1.165) is 48.9 Å². The fourth-order valence-corrected chi connectivity index (χ4v) is 3.62. The van der Waals surface area contributed by atoms with Crippen LogP contribution in [0.4, 0.5) is 11.6 Å². The zero-order chi connectivity index (χ0) is 22.9. The van der Waals surface area contributed by atoms with E-state index in [1.165, 1.54) is 12.2 Å². The second-order valence-electron chi connectivity index (χ2n) is 7.87. The molecule has 0 aromatic carbocycles. The standard InChI is InChI=1S/C25H28N4O4/c30-22(5-1-20-3-7-24(26-18-20)28-9-13-32-14-10-28)17-23(31)6-2-21-4-8-25(27-19-21)29-11-15-33-16-12-29/h1-8,18-19H,9-17H2/b5-1+,6-2+. The smallest absolute Gasteiger partial charge is 0.163 e. The average Bonchev–Trinajstić information content (AvgIpc) is 2.88. The van der Waals surface area contributed by atoms with Gasteiger partial charge in [-0.15, -0.1) is 0 Å². The van der Waals surface area contributed by atoms with Gasteiger partial charge < -0.3 is 19.3 Å². The van der Waals surface area contributed by atoms with Crippen molar-refractivity contribution in [2.45, 2.75) is 6.42 Å². The molecule has 172 valence electrons. The van der Waals surface area contributed by atoms with Gasteiger partial charge in [-0.05, 0) is 59.7 Å². The summed E-state index contributed by atoms with van der Waals surface area (Å²) in [6.45, 7) is 6.11. The molecule has 2 aliphatic heterocycles. The van der Waals surface area contributed by atoms with Crippen LogP contribution in [-0.2, 0) is 19.1 Å². The van der Waals surface area contributed by atoms with Gasteiger partial charge in [0, 0.05) is 38.6 Å². The fourth-order valence-electron chi connectivity index (χ4n) is 3.62. The number of aromatic nitrogens is 2. The highest BCUT2D eigenvalue weighted by Crippen LogP contribution is 2.15. The Bertz CT molecular complexity index is 909. The van der Waals surface area contributed by atoms with E-state index < -0.39 is 0 Å². The maximum absolute atomic E-state index is 12.2. The van der Waals surface area contributed by atoms with E-state index in [1.807, 2.05) is 24.3 Å². The van der Waals surface area contributed by atoms with Crippen LogP contribution in [-0.4, -0.2) is 74.1 Å². The molecule has 0 spiro atoms. The van der Waals surface area contributed by atoms with E-state index in [2.05, 4.69) is 19.8 Å². The number of rotatable bonds is 8. The van der Waals surface area contributed by atoms with Crippen molar-refractivity contribution in [3.05, 3.63) is 59.9 Å². The quantitative estimate of drug-likeness (QED) is 0.450. The summed E-state index contributed by atoms with van der Waals surface area (Å²) in [7, 11) is 0. The van der Waals surface area contributed by atoms with E-state index in [-0.39, 0.29) is 18.0 Å². The van der Waals surface area contributed by atoms with Crippen molar-refractivity contribution in [2.24, 2.45) is 0 Å². The molecule has 0 aliphatic carbocycles. The molecule has 8 nitrogen and oxygen atoms in total. The lowest BCUT2D eigenvalue weighted by molar-refractivity contribution is -0.121. The number of pyridine rings is 2. The van der Waals surface area contributed by atoms with Crippen molar-refractivity contribution >= 4 is 35.4 Å². The summed E-state index contributed by atoms with van der Waals surface area (Å²) in [4.78, 5) is 37.6. The van der Waals surface area contributed by atoms with E-state index in [4.69, 9.17) is 9.47 Å². The molecule has 0 amide bonds. The zero-order valence-electron chi connectivity index (χ0n) is 18.6. The highest BCUT2D eigenvalue weighted by Gasteiger charge is 2.13. The molecule has 2 saturated heterocycles. The minimum absolute atomic E-state index is 0.175. The molecule has 2 aromatic rings. The third-order valence-electron chi connectivity index (χ3n) is 5.48. The van der Waals surface area contributed by atoms with Crippen molar-refractivity contribution in [1.82, 2.24) is 9.97 Å². The van der Waals surface area contributed by atoms with Gasteiger partial charge in [0.2, 0.25) is 0 Å². The van der Waals surface area contributed by atoms with Crippen LogP contribution in [0.5, 0.6) is 0 Å². The monoisotopic (exact) mass is 448 g/mol. The van der Waals surface area contributed by atoms with E-state index in [0.29, 0.717) is 26.4 Å². The second-order valence-corrected chi connectivity index (χ2v) is 7.87. The van der Waals surface area contributed by atoms with Crippen LogP contribution in [0.25, 0.3) is 12.2 Å². The minimum atomic E-state index is -0.248. The van der Waals surface area contributed by atoms with Crippen LogP contribution in [0.2, 0.25) is 0 Å². The number of allylic oxidation sites excluding steroid dienone is 2. The number of morpholine rings is 2. The summed E-state index contributed by atoms with van der Waals surface area (Å²) in [5.41, 5.74) is 1.63. The molecule has 0 saturated carbocycles. The lowest BCUT2D eigenvalue weighted by Crippen LogP contribution is -2.36. The van der Waals surface area contributed by atoms with Crippen molar-refractivity contribution < 1.29 is 19.1 Å². The second kappa shape index (κ2) is 11.5. The van der Waals surface area contributed by atoms with E-state index in [1.54, 1.807) is 24.5 Å². The molecule has 2 aromatic heterocycles. The van der Waals surface area contributed by atoms with Gasteiger partial charge in [-0.3, -0.25) is 9.59 Å². The molecular weight excluding hydrogens is 420 g/mol. The van der Waals surface area contributed by atoms with Gasteiger partial charge >= 0.3 is 0 Å². The molecule has 33 heavy (non-hydrogen) atoms. The molecule has 0 N–H and O–H groups in total. The minimum Gasteiger partial charge on any atom is -0.378 e. The number of anilines is 2. The molecule has 0 unspecified atom stereocenters. The highest BCUT2D eigenvalue weighted by atomic mass is 16.5. The van der Waals surface area contributed by atoms with E-state index >= 15 is 0 Å². The number of ether oxygens (including phenoxy) is 2. The summed E-state index contributed by atoms with van der Waals surface area (Å²) in [6, 6.07) is 7.69. The maximum Gasteiger partial charge on any atom is 0.163 e. The number of hydrogen-bond donors (Lipinski definition) is 0. The summed E-state index contributed by atoms with van der Waals surface area (Å²) >= 11 is 0. The molecule has 2 fully saturated rings. The van der Waals surface area contributed by atoms with Gasteiger partial charge in [0.15, 0.2) is 11.6 Å². The van der Waals surface area contributed by atoms with Crippen molar-refractivity contribution in [3.63, 3.8) is 0 Å². The lowest BCUT2D eigenvalue weighted by atomic mass is 10.1. The van der Waals surface area contributed by atoms with Crippen molar-refractivity contribution in [2.75, 3.05) is 62.4 Å². The number of carbonyl (C=O) groups is 2. The number of nitrogens with zero attached hydrogens (tertiary/aromatic N) is 4. The first-order valence-corrected chi connectivity index (χ1v) is 11.2. The van der Waals surface area contributed by atoms with Gasteiger partial charge in [-0.25, -0.2) is 9.97 Å². The topological polar surface area (TPSA) is 84.9 Å². The number of ketones is 2. The van der Waals surface area contributed by atoms with Gasteiger partial charge in [-0.2, -0.15) is 0 Å². The predicted octanol–water partition coefficient (Wildman–Crippen LogP) is 2.40. The third-order valence-corrected chi connectivity index (χ3v) is 5.48. The Morgan fingerprint density at radius 1 is 0.727 bits per heavy atom. The largest absolute Gasteiger partial charge is 0.378 e. The summed E-state index contributed by atoms with van der Waals surface area (Å²) in [5, 5.41) is 0. The normalized spacial score (nSPS) is 17.1. The van der Waals surface area contributed by atoms with Crippen molar-refractivity contribution in [3.8, 4) is 0 Å². The van der Waals surface area contributed by atoms with Crippen LogP contribution in [0, 0.1) is 0 Å². The molecular formula is C25H28N4O4. The number of hydrogen-bond acceptors (Lipinski definition) is 8. The fraction of sp³-hybridized carbons (Fsp3) is 0.360. The van der Waals surface area contributed by atoms with Gasteiger partial charge in [0.05, 0.1) is 32.8 Å². The van der Waals surface area contributed by atoms with Gasteiger partial charge in [0.1, 0.15) is 11.6 Å². The van der Waals surface area contributed by atoms with E-state index in [9.17, 15) is 9.59 Å². The van der Waals surface area contributed by atoms with Gasteiger partial charge in [0.25, 0.3) is 0 Å². The Hall–Kier alpha value is -3.36. The van der Waals surface area contributed by atoms with Crippen LogP contribution < -0.4 is 9.80 Å². The number of carbonyl (C=O) groups excluding carboxylic acids is 2. The SMILES string of the molecule is O=C(/C=C/c1ccc(N2CCOCC2)nc1)CC(=O)/C=C/c1ccc(N2CCOCC2)nc1. The summed E-state index contributed by atoms with van der Waals surface area (Å²) in [6.07, 6.45) is 9.50. The summed E-state index contributed by atoms with van der Waals surface area (Å²) < 4.78 is 10.7. The van der Waals surface area contributed by atoms with Crippen LogP contribution >= 0.6 is 0 Å². The zero-order valence-corrected chi connectivity index (χ0v) is 18.6. The molecule has 4 heterocycles. The first kappa shape index (κ1) is 22.8. The predicted molar refractivity (Wildman–Crippen MR) is 127 cm³/mol. The van der Waals surface area contributed by atoms with Crippen LogP contribution in [0.3, 0.4) is 0 Å². The molecule has 0 atom stereocenters. The lowest BCUT2D eigenvalue weighted by Gasteiger charge is -2.27. The molecule has 2 aliphatic rings. The first-order valence-electron chi connectivity index (χ1n) is 11.2. The average molecular weight is 449 g/mol. The molecule has 4 rings (SSSR count). The maximum atomic E-state index is 12.2. The molecule has 8 heteroatoms. The van der Waals surface area contributed by atoms with Crippen molar-refractivity contribution in [1.29, 1.82) is 0 Å². The van der Waals surface area contributed by atoms with Crippen LogP contribution in [0.1, 0.15) is 17.5 Å². The highest BCUT2D eigenvalue weighted by molar-refractivity contribution is 6.10. The van der Waals surface area contributed by atoms with Gasteiger partial charge in [-0.1, -0.05) is 0 Å².